The predicted molar refractivity (Wildman–Crippen MR) is 98.6 cm³/mol. The standard InChI is InChI=1S/C21H25NO3/c1-21(2,3)17-12-10-16(11-13-17)19(23)22-18(20(24)25-4)14-15-8-6-5-7-9-15/h5-13,18H,14H2,1-4H3,(H,22,23)/t18-/m0/s1. The Balaban J connectivity index is 2.12. The Bertz CT molecular complexity index is 715. The average molecular weight is 339 g/mol. The molecule has 0 aliphatic rings. The number of benzene rings is 2. The third-order valence-corrected chi connectivity index (χ3v) is 4.09. The summed E-state index contributed by atoms with van der Waals surface area (Å²) in [5.41, 5.74) is 2.66. The molecule has 0 bridgehead atoms. The predicted octanol–water partition coefficient (Wildman–Crippen LogP) is 3.50. The van der Waals surface area contributed by atoms with Crippen molar-refractivity contribution in [3.8, 4) is 0 Å². The zero-order valence-corrected chi connectivity index (χ0v) is 15.2. The lowest BCUT2D eigenvalue weighted by Crippen LogP contribution is -2.43. The van der Waals surface area contributed by atoms with Crippen molar-refractivity contribution in [2.45, 2.75) is 38.6 Å². The number of nitrogens with one attached hydrogen (secondary N) is 1. The number of rotatable bonds is 5. The van der Waals surface area contributed by atoms with Crippen LogP contribution in [-0.2, 0) is 21.4 Å². The lowest BCUT2D eigenvalue weighted by atomic mass is 9.86. The molecule has 0 unspecified atom stereocenters. The summed E-state index contributed by atoms with van der Waals surface area (Å²) in [6.07, 6.45) is 0.388. The summed E-state index contributed by atoms with van der Waals surface area (Å²) >= 11 is 0. The molecule has 2 aromatic carbocycles. The van der Waals surface area contributed by atoms with Gasteiger partial charge in [-0.1, -0.05) is 63.2 Å². The van der Waals surface area contributed by atoms with Crippen molar-refractivity contribution in [2.24, 2.45) is 0 Å². The van der Waals surface area contributed by atoms with Gasteiger partial charge in [-0.2, -0.15) is 0 Å². The summed E-state index contributed by atoms with van der Waals surface area (Å²) in [5.74, 6) is -0.740. The van der Waals surface area contributed by atoms with E-state index in [9.17, 15) is 9.59 Å². The Hall–Kier alpha value is -2.62. The minimum atomic E-state index is -0.720. The minimum Gasteiger partial charge on any atom is -0.467 e. The molecular weight excluding hydrogens is 314 g/mol. The number of hydrogen-bond acceptors (Lipinski definition) is 3. The summed E-state index contributed by atoms with van der Waals surface area (Å²) in [6.45, 7) is 6.36. The molecule has 0 radical (unpaired) electrons. The molecule has 0 aromatic heterocycles. The highest BCUT2D eigenvalue weighted by molar-refractivity contribution is 5.96. The number of amides is 1. The molecule has 0 fully saturated rings. The van der Waals surface area contributed by atoms with Gasteiger partial charge in [0.2, 0.25) is 0 Å². The number of hydrogen-bond donors (Lipinski definition) is 1. The highest BCUT2D eigenvalue weighted by atomic mass is 16.5. The van der Waals surface area contributed by atoms with Crippen LogP contribution in [0.3, 0.4) is 0 Å². The van der Waals surface area contributed by atoms with Crippen molar-refractivity contribution >= 4 is 11.9 Å². The van der Waals surface area contributed by atoms with Crippen molar-refractivity contribution in [2.75, 3.05) is 7.11 Å². The van der Waals surface area contributed by atoms with Gasteiger partial charge in [0.25, 0.3) is 5.91 Å². The van der Waals surface area contributed by atoms with Gasteiger partial charge in [-0.3, -0.25) is 4.79 Å². The Labute approximate surface area is 149 Å². The van der Waals surface area contributed by atoms with Gasteiger partial charge in [-0.15, -0.1) is 0 Å². The van der Waals surface area contributed by atoms with Crippen LogP contribution in [0.25, 0.3) is 0 Å². The second kappa shape index (κ2) is 7.97. The number of ether oxygens (including phenoxy) is 1. The van der Waals surface area contributed by atoms with Crippen LogP contribution in [0.2, 0.25) is 0 Å². The molecule has 1 N–H and O–H groups in total. The fraction of sp³-hybridized carbons (Fsp3) is 0.333. The van der Waals surface area contributed by atoms with Crippen LogP contribution in [-0.4, -0.2) is 25.0 Å². The summed E-state index contributed by atoms with van der Waals surface area (Å²) in [5, 5.41) is 2.78. The fourth-order valence-electron chi connectivity index (χ4n) is 2.55. The summed E-state index contributed by atoms with van der Waals surface area (Å²) in [4.78, 5) is 24.5. The Kier molecular flexibility index (Phi) is 5.97. The van der Waals surface area contributed by atoms with Crippen LogP contribution >= 0.6 is 0 Å². The van der Waals surface area contributed by atoms with Gasteiger partial charge in [0, 0.05) is 12.0 Å². The smallest absolute Gasteiger partial charge is 0.328 e. The van der Waals surface area contributed by atoms with E-state index < -0.39 is 12.0 Å². The molecule has 0 spiro atoms. The monoisotopic (exact) mass is 339 g/mol. The second-order valence-corrected chi connectivity index (χ2v) is 7.07. The molecule has 132 valence electrons. The van der Waals surface area contributed by atoms with Crippen molar-refractivity contribution in [3.05, 3.63) is 71.3 Å². The van der Waals surface area contributed by atoms with Gasteiger partial charge in [-0.25, -0.2) is 4.79 Å². The van der Waals surface area contributed by atoms with E-state index in [2.05, 4.69) is 26.1 Å². The van der Waals surface area contributed by atoms with Crippen LogP contribution < -0.4 is 5.32 Å². The lowest BCUT2D eigenvalue weighted by Gasteiger charge is -2.20. The number of methoxy groups -OCH3 is 1. The minimum absolute atomic E-state index is 0.0247. The molecule has 1 atom stereocenters. The van der Waals surface area contributed by atoms with E-state index in [0.29, 0.717) is 12.0 Å². The fourth-order valence-corrected chi connectivity index (χ4v) is 2.55. The SMILES string of the molecule is COC(=O)[C@H](Cc1ccccc1)NC(=O)c1ccc(C(C)(C)C)cc1. The first-order chi connectivity index (χ1) is 11.8. The largest absolute Gasteiger partial charge is 0.467 e. The van der Waals surface area contributed by atoms with Gasteiger partial charge >= 0.3 is 5.97 Å². The van der Waals surface area contributed by atoms with Crippen molar-refractivity contribution in [1.82, 2.24) is 5.32 Å². The van der Waals surface area contributed by atoms with Gasteiger partial charge in [0.15, 0.2) is 0 Å². The zero-order valence-electron chi connectivity index (χ0n) is 15.2. The maximum atomic E-state index is 12.5. The Morgan fingerprint density at radius 2 is 1.60 bits per heavy atom. The summed E-state index contributed by atoms with van der Waals surface area (Å²) in [6, 6.07) is 16.3. The third-order valence-electron chi connectivity index (χ3n) is 4.09. The van der Waals surface area contributed by atoms with Crippen molar-refractivity contribution in [3.63, 3.8) is 0 Å². The summed E-state index contributed by atoms with van der Waals surface area (Å²) in [7, 11) is 1.32. The number of carbonyl (C=O) groups is 2. The first-order valence-corrected chi connectivity index (χ1v) is 8.34. The molecular formula is C21H25NO3. The van der Waals surface area contributed by atoms with E-state index in [1.807, 2.05) is 42.5 Å². The molecule has 2 rings (SSSR count). The molecule has 0 heterocycles. The van der Waals surface area contributed by atoms with E-state index in [0.717, 1.165) is 11.1 Å². The first-order valence-electron chi connectivity index (χ1n) is 8.34. The van der Waals surface area contributed by atoms with Gasteiger partial charge in [0.05, 0.1) is 7.11 Å². The third kappa shape index (κ3) is 5.18. The van der Waals surface area contributed by atoms with E-state index in [-0.39, 0.29) is 11.3 Å². The topological polar surface area (TPSA) is 55.4 Å². The van der Waals surface area contributed by atoms with Crippen LogP contribution in [0.1, 0.15) is 42.3 Å². The van der Waals surface area contributed by atoms with Crippen LogP contribution in [0.15, 0.2) is 54.6 Å². The quantitative estimate of drug-likeness (QED) is 0.848. The Morgan fingerprint density at radius 1 is 1.00 bits per heavy atom. The van der Waals surface area contributed by atoms with Gasteiger partial charge in [0.1, 0.15) is 6.04 Å². The zero-order chi connectivity index (χ0) is 18.4. The van der Waals surface area contributed by atoms with Gasteiger partial charge in [-0.05, 0) is 28.7 Å². The van der Waals surface area contributed by atoms with Gasteiger partial charge < -0.3 is 10.1 Å². The molecule has 4 nitrogen and oxygen atoms in total. The maximum Gasteiger partial charge on any atom is 0.328 e. The molecule has 4 heteroatoms. The molecule has 1 amide bonds. The van der Waals surface area contributed by atoms with E-state index in [1.54, 1.807) is 12.1 Å². The van der Waals surface area contributed by atoms with Crippen LogP contribution in [0, 0.1) is 0 Å². The summed E-state index contributed by atoms with van der Waals surface area (Å²) < 4.78 is 4.83. The Morgan fingerprint density at radius 3 is 2.12 bits per heavy atom. The molecule has 0 aliphatic carbocycles. The lowest BCUT2D eigenvalue weighted by molar-refractivity contribution is -0.142. The first kappa shape index (κ1) is 18.7. The van der Waals surface area contributed by atoms with E-state index in [4.69, 9.17) is 4.74 Å². The molecule has 0 saturated carbocycles. The van der Waals surface area contributed by atoms with Crippen LogP contribution in [0.5, 0.6) is 0 Å². The van der Waals surface area contributed by atoms with E-state index >= 15 is 0 Å². The average Bonchev–Trinajstić information content (AvgIpc) is 2.60. The normalized spacial score (nSPS) is 12.3. The highest BCUT2D eigenvalue weighted by Gasteiger charge is 2.23. The van der Waals surface area contributed by atoms with Crippen LogP contribution in [0.4, 0.5) is 0 Å². The molecule has 2 aromatic rings. The highest BCUT2D eigenvalue weighted by Crippen LogP contribution is 2.22. The maximum absolute atomic E-state index is 12.5. The second-order valence-electron chi connectivity index (χ2n) is 7.07. The van der Waals surface area contributed by atoms with E-state index in [1.165, 1.54) is 7.11 Å². The number of esters is 1. The molecule has 25 heavy (non-hydrogen) atoms. The molecule has 0 saturated heterocycles. The number of carbonyl (C=O) groups excluding carboxylic acids is 2. The van der Waals surface area contributed by atoms with Crippen molar-refractivity contribution in [1.29, 1.82) is 0 Å². The van der Waals surface area contributed by atoms with Crippen molar-refractivity contribution < 1.29 is 14.3 Å². The molecule has 0 aliphatic heterocycles.